The number of carbonyl (C=O) groups is 2. The van der Waals surface area contributed by atoms with Crippen molar-refractivity contribution in [1.82, 2.24) is 20.4 Å². The van der Waals surface area contributed by atoms with Crippen LogP contribution in [0.1, 0.15) is 22.8 Å². The van der Waals surface area contributed by atoms with Gasteiger partial charge in [-0.25, -0.2) is 4.68 Å². The first-order valence-corrected chi connectivity index (χ1v) is 7.26. The number of rotatable bonds is 7. The van der Waals surface area contributed by atoms with Gasteiger partial charge in [-0.3, -0.25) is 9.59 Å². The highest BCUT2D eigenvalue weighted by Crippen LogP contribution is 2.14. The monoisotopic (exact) mass is 316 g/mol. The summed E-state index contributed by atoms with van der Waals surface area (Å²) in [4.78, 5) is 23.2. The van der Waals surface area contributed by atoms with Crippen LogP contribution in [0.2, 0.25) is 0 Å². The lowest BCUT2D eigenvalue weighted by molar-refractivity contribution is -0.119. The summed E-state index contributed by atoms with van der Waals surface area (Å²) in [5, 5.41) is 9.77. The summed E-state index contributed by atoms with van der Waals surface area (Å²) in [7, 11) is 1.58. The number of aromatic nitrogens is 2. The minimum Gasteiger partial charge on any atom is -0.383 e. The summed E-state index contributed by atoms with van der Waals surface area (Å²) in [5.74, 6) is -0.285. The number of nitrogens with zero attached hydrogens (tertiary/aromatic N) is 2. The summed E-state index contributed by atoms with van der Waals surface area (Å²) >= 11 is 0. The summed E-state index contributed by atoms with van der Waals surface area (Å²) in [6.45, 7) is 2.76. The summed E-state index contributed by atoms with van der Waals surface area (Å²) in [6, 6.07) is 7.21. The van der Waals surface area contributed by atoms with E-state index in [1.165, 1.54) is 6.92 Å². The molecule has 0 aliphatic carbocycles. The van der Waals surface area contributed by atoms with Crippen LogP contribution < -0.4 is 10.6 Å². The maximum Gasteiger partial charge on any atom is 0.253 e. The van der Waals surface area contributed by atoms with Crippen molar-refractivity contribution >= 4 is 11.8 Å². The predicted octanol–water partition coefficient (Wildman–Crippen LogP) is 0.885. The molecule has 0 aliphatic rings. The molecule has 0 aliphatic heterocycles. The Morgan fingerprint density at radius 1 is 1.26 bits per heavy atom. The predicted molar refractivity (Wildman–Crippen MR) is 85.3 cm³/mol. The van der Waals surface area contributed by atoms with Gasteiger partial charge >= 0.3 is 0 Å². The van der Waals surface area contributed by atoms with E-state index in [-0.39, 0.29) is 11.8 Å². The maximum atomic E-state index is 12.3. The molecular weight excluding hydrogens is 296 g/mol. The van der Waals surface area contributed by atoms with Gasteiger partial charge in [0.25, 0.3) is 5.91 Å². The first-order valence-electron chi connectivity index (χ1n) is 7.26. The lowest BCUT2D eigenvalue weighted by Gasteiger charge is -2.10. The fourth-order valence-electron chi connectivity index (χ4n) is 2.04. The van der Waals surface area contributed by atoms with E-state index in [1.807, 2.05) is 12.1 Å². The van der Waals surface area contributed by atoms with Crippen molar-refractivity contribution in [1.29, 1.82) is 0 Å². The normalized spacial score (nSPS) is 10.3. The van der Waals surface area contributed by atoms with Crippen LogP contribution in [-0.2, 0) is 16.1 Å². The summed E-state index contributed by atoms with van der Waals surface area (Å²) in [6.07, 6.45) is 3.45. The molecule has 0 saturated heterocycles. The molecule has 0 unspecified atom stereocenters. The number of carbonyl (C=O) groups excluding carboxylic acids is 2. The van der Waals surface area contributed by atoms with Gasteiger partial charge < -0.3 is 15.4 Å². The molecule has 2 N–H and O–H groups in total. The fourth-order valence-corrected chi connectivity index (χ4v) is 2.04. The van der Waals surface area contributed by atoms with Crippen LogP contribution in [0.25, 0.3) is 5.69 Å². The number of ether oxygens (including phenoxy) is 1. The van der Waals surface area contributed by atoms with Crippen molar-refractivity contribution in [2.24, 2.45) is 0 Å². The van der Waals surface area contributed by atoms with Crippen molar-refractivity contribution in [3.63, 3.8) is 0 Å². The van der Waals surface area contributed by atoms with E-state index >= 15 is 0 Å². The number of benzene rings is 1. The molecule has 0 saturated carbocycles. The van der Waals surface area contributed by atoms with Crippen molar-refractivity contribution in [2.45, 2.75) is 13.5 Å². The zero-order chi connectivity index (χ0) is 16.7. The molecule has 23 heavy (non-hydrogen) atoms. The smallest absolute Gasteiger partial charge is 0.253 e. The van der Waals surface area contributed by atoms with Crippen LogP contribution in [0, 0.1) is 0 Å². The summed E-state index contributed by atoms with van der Waals surface area (Å²) in [5.41, 5.74) is 2.06. The number of methoxy groups -OCH3 is 1. The molecule has 0 radical (unpaired) electrons. The van der Waals surface area contributed by atoms with Crippen LogP contribution in [0.15, 0.2) is 36.7 Å². The molecule has 7 heteroatoms. The van der Waals surface area contributed by atoms with Crippen molar-refractivity contribution in [3.05, 3.63) is 47.8 Å². The molecule has 2 rings (SSSR count). The molecule has 1 heterocycles. The van der Waals surface area contributed by atoms with E-state index in [0.717, 1.165) is 5.56 Å². The molecule has 1 aromatic carbocycles. The van der Waals surface area contributed by atoms with Gasteiger partial charge in [0.1, 0.15) is 0 Å². The van der Waals surface area contributed by atoms with Gasteiger partial charge in [0.05, 0.1) is 24.1 Å². The average molecular weight is 316 g/mol. The Morgan fingerprint density at radius 2 is 2.04 bits per heavy atom. The average Bonchev–Trinajstić information content (AvgIpc) is 3.02. The van der Waals surface area contributed by atoms with Gasteiger partial charge in [-0.05, 0) is 12.1 Å². The second kappa shape index (κ2) is 8.09. The van der Waals surface area contributed by atoms with E-state index in [4.69, 9.17) is 4.74 Å². The molecule has 1 aromatic heterocycles. The van der Waals surface area contributed by atoms with E-state index in [9.17, 15) is 9.59 Å². The largest absolute Gasteiger partial charge is 0.383 e. The topological polar surface area (TPSA) is 85.2 Å². The van der Waals surface area contributed by atoms with Gasteiger partial charge in [-0.1, -0.05) is 12.1 Å². The van der Waals surface area contributed by atoms with Gasteiger partial charge in [0.15, 0.2) is 0 Å². The molecule has 122 valence electrons. The Morgan fingerprint density at radius 3 is 2.78 bits per heavy atom. The number of para-hydroxylation sites is 1. The number of hydrogen-bond donors (Lipinski definition) is 2. The highest BCUT2D eigenvalue weighted by atomic mass is 16.5. The van der Waals surface area contributed by atoms with Gasteiger partial charge in [-0.2, -0.15) is 5.10 Å². The SMILES string of the molecule is COCCNC(=O)c1ccccc1-n1cc(CNC(C)=O)cn1. The number of hydrogen-bond acceptors (Lipinski definition) is 4. The molecule has 0 bridgehead atoms. The third kappa shape index (κ3) is 4.65. The lowest BCUT2D eigenvalue weighted by atomic mass is 10.1. The molecule has 0 fully saturated rings. The third-order valence-corrected chi connectivity index (χ3v) is 3.16. The molecule has 2 amide bonds. The second-order valence-electron chi connectivity index (χ2n) is 4.97. The molecular formula is C16H20N4O3. The molecule has 7 nitrogen and oxygen atoms in total. The zero-order valence-corrected chi connectivity index (χ0v) is 13.2. The first kappa shape index (κ1) is 16.7. The standard InChI is InChI=1S/C16H20N4O3/c1-12(21)18-9-13-10-19-20(11-13)15-6-4-3-5-14(15)16(22)17-7-8-23-2/h3-6,10-11H,7-9H2,1-2H3,(H,17,22)(H,18,21). The quantitative estimate of drug-likeness (QED) is 0.743. The van der Waals surface area contributed by atoms with Crippen LogP contribution in [0.3, 0.4) is 0 Å². The minimum absolute atomic E-state index is 0.101. The van der Waals surface area contributed by atoms with Crippen LogP contribution in [0.4, 0.5) is 0 Å². The highest BCUT2D eigenvalue weighted by molar-refractivity contribution is 5.97. The first-order chi connectivity index (χ1) is 11.1. The Labute approximate surface area is 134 Å². The molecule has 2 aromatic rings. The van der Waals surface area contributed by atoms with Crippen molar-refractivity contribution < 1.29 is 14.3 Å². The van der Waals surface area contributed by atoms with Crippen LogP contribution >= 0.6 is 0 Å². The van der Waals surface area contributed by atoms with Crippen molar-refractivity contribution in [2.75, 3.05) is 20.3 Å². The van der Waals surface area contributed by atoms with E-state index < -0.39 is 0 Å². The third-order valence-electron chi connectivity index (χ3n) is 3.16. The maximum absolute atomic E-state index is 12.3. The van der Waals surface area contributed by atoms with E-state index in [2.05, 4.69) is 15.7 Å². The minimum atomic E-state index is -0.184. The van der Waals surface area contributed by atoms with Gasteiger partial charge in [0, 0.05) is 38.9 Å². The van der Waals surface area contributed by atoms with E-state index in [1.54, 1.807) is 36.3 Å². The Hall–Kier alpha value is -2.67. The van der Waals surface area contributed by atoms with Gasteiger partial charge in [-0.15, -0.1) is 0 Å². The van der Waals surface area contributed by atoms with Gasteiger partial charge in [0.2, 0.25) is 5.91 Å². The number of amides is 2. The summed E-state index contributed by atoms with van der Waals surface area (Å²) < 4.78 is 6.55. The fraction of sp³-hybridized carbons (Fsp3) is 0.312. The second-order valence-corrected chi connectivity index (χ2v) is 4.97. The Balaban J connectivity index is 2.16. The Bertz CT molecular complexity index is 681. The Kier molecular flexibility index (Phi) is 5.87. The zero-order valence-electron chi connectivity index (χ0n) is 13.2. The molecule has 0 atom stereocenters. The van der Waals surface area contributed by atoms with Crippen LogP contribution in [0.5, 0.6) is 0 Å². The molecule has 0 spiro atoms. The van der Waals surface area contributed by atoms with Crippen LogP contribution in [-0.4, -0.2) is 41.9 Å². The lowest BCUT2D eigenvalue weighted by Crippen LogP contribution is -2.28. The highest BCUT2D eigenvalue weighted by Gasteiger charge is 2.12. The number of nitrogens with one attached hydrogen (secondary N) is 2. The van der Waals surface area contributed by atoms with E-state index in [0.29, 0.717) is 30.9 Å². The van der Waals surface area contributed by atoms with Crippen molar-refractivity contribution in [3.8, 4) is 5.69 Å².